The maximum Gasteiger partial charge on any atom is 0.273 e. The van der Waals surface area contributed by atoms with E-state index in [-0.39, 0.29) is 12.5 Å². The Morgan fingerprint density at radius 3 is 2.64 bits per heavy atom. The van der Waals surface area contributed by atoms with Crippen LogP contribution in [0.4, 0.5) is 0 Å². The van der Waals surface area contributed by atoms with Crippen LogP contribution >= 0.6 is 22.9 Å². The van der Waals surface area contributed by atoms with Crippen molar-refractivity contribution in [2.75, 3.05) is 7.05 Å². The van der Waals surface area contributed by atoms with E-state index in [0.717, 1.165) is 10.6 Å². The van der Waals surface area contributed by atoms with Crippen LogP contribution in [0.2, 0.25) is 5.02 Å². The van der Waals surface area contributed by atoms with Gasteiger partial charge in [-0.2, -0.15) is 0 Å². The van der Waals surface area contributed by atoms with Crippen LogP contribution in [0.3, 0.4) is 0 Å². The van der Waals surface area contributed by atoms with Gasteiger partial charge in [-0.25, -0.2) is 4.98 Å². The molecule has 0 bridgehead atoms. The molecule has 1 heterocycles. The average Bonchev–Trinajstić information content (AvgIpc) is 3.10. The second-order valence-electron chi connectivity index (χ2n) is 5.49. The van der Waals surface area contributed by atoms with E-state index in [0.29, 0.717) is 23.0 Å². The maximum absolute atomic E-state index is 12.5. The molecule has 0 aliphatic rings. The highest BCUT2D eigenvalue weighted by Crippen LogP contribution is 2.24. The van der Waals surface area contributed by atoms with E-state index in [2.05, 4.69) is 4.98 Å². The summed E-state index contributed by atoms with van der Waals surface area (Å²) >= 11 is 7.46. The van der Waals surface area contributed by atoms with E-state index in [9.17, 15) is 4.79 Å². The SMILES string of the molecule is CN(Cc1ccccc1)C(=O)c1csc(COc2ccccc2Cl)n1. The van der Waals surface area contributed by atoms with Gasteiger partial charge in [0.2, 0.25) is 0 Å². The third-order valence-electron chi connectivity index (χ3n) is 3.57. The summed E-state index contributed by atoms with van der Waals surface area (Å²) in [6, 6.07) is 17.1. The summed E-state index contributed by atoms with van der Waals surface area (Å²) in [5.74, 6) is 0.498. The predicted molar refractivity (Wildman–Crippen MR) is 100 cm³/mol. The van der Waals surface area contributed by atoms with E-state index < -0.39 is 0 Å². The number of thiazole rings is 1. The van der Waals surface area contributed by atoms with Gasteiger partial charge in [0.15, 0.2) is 0 Å². The zero-order valence-corrected chi connectivity index (χ0v) is 15.3. The van der Waals surface area contributed by atoms with Crippen LogP contribution in [0.25, 0.3) is 0 Å². The highest BCUT2D eigenvalue weighted by molar-refractivity contribution is 7.09. The molecule has 0 unspecified atom stereocenters. The molecule has 1 amide bonds. The van der Waals surface area contributed by atoms with Crippen LogP contribution < -0.4 is 4.74 Å². The number of para-hydroxylation sites is 1. The van der Waals surface area contributed by atoms with Crippen molar-refractivity contribution in [1.82, 2.24) is 9.88 Å². The lowest BCUT2D eigenvalue weighted by atomic mass is 10.2. The van der Waals surface area contributed by atoms with Crippen LogP contribution in [0.15, 0.2) is 60.0 Å². The van der Waals surface area contributed by atoms with E-state index in [1.807, 2.05) is 42.5 Å². The lowest BCUT2D eigenvalue weighted by Crippen LogP contribution is -2.26. The summed E-state index contributed by atoms with van der Waals surface area (Å²) in [4.78, 5) is 18.5. The molecule has 0 saturated carbocycles. The van der Waals surface area contributed by atoms with Gasteiger partial charge in [-0.3, -0.25) is 4.79 Å². The Balaban J connectivity index is 1.60. The number of carbonyl (C=O) groups excluding carboxylic acids is 1. The van der Waals surface area contributed by atoms with Gasteiger partial charge in [-0.15, -0.1) is 11.3 Å². The number of aromatic nitrogens is 1. The Labute approximate surface area is 155 Å². The summed E-state index contributed by atoms with van der Waals surface area (Å²) in [5, 5.41) is 3.05. The Kier molecular flexibility index (Phi) is 5.68. The van der Waals surface area contributed by atoms with Gasteiger partial charge in [0.05, 0.1) is 5.02 Å². The number of carbonyl (C=O) groups is 1. The largest absolute Gasteiger partial charge is 0.485 e. The first-order valence-corrected chi connectivity index (χ1v) is 9.00. The van der Waals surface area contributed by atoms with E-state index >= 15 is 0 Å². The molecule has 0 N–H and O–H groups in total. The summed E-state index contributed by atoms with van der Waals surface area (Å²) in [6.07, 6.45) is 0. The number of halogens is 1. The van der Waals surface area contributed by atoms with Crippen molar-refractivity contribution in [2.45, 2.75) is 13.2 Å². The molecular weight excluding hydrogens is 356 g/mol. The molecule has 0 saturated heterocycles. The van der Waals surface area contributed by atoms with Crippen LogP contribution in [0.1, 0.15) is 21.1 Å². The highest BCUT2D eigenvalue weighted by atomic mass is 35.5. The summed E-state index contributed by atoms with van der Waals surface area (Å²) in [6.45, 7) is 0.826. The number of hydrogen-bond donors (Lipinski definition) is 0. The van der Waals surface area contributed by atoms with Crippen LogP contribution in [0.5, 0.6) is 5.75 Å². The van der Waals surface area contributed by atoms with Gasteiger partial charge in [-0.1, -0.05) is 54.1 Å². The molecule has 6 heteroatoms. The van der Waals surface area contributed by atoms with Crippen molar-refractivity contribution < 1.29 is 9.53 Å². The lowest BCUT2D eigenvalue weighted by molar-refractivity contribution is 0.0779. The molecule has 0 radical (unpaired) electrons. The monoisotopic (exact) mass is 372 g/mol. The minimum Gasteiger partial charge on any atom is -0.485 e. The molecule has 0 spiro atoms. The molecule has 0 atom stereocenters. The Bertz CT molecular complexity index is 851. The van der Waals surface area contributed by atoms with Crippen LogP contribution in [-0.2, 0) is 13.2 Å². The quantitative estimate of drug-likeness (QED) is 0.632. The first-order chi connectivity index (χ1) is 12.1. The summed E-state index contributed by atoms with van der Waals surface area (Å²) < 4.78 is 5.66. The topological polar surface area (TPSA) is 42.4 Å². The molecule has 128 valence electrons. The predicted octanol–water partition coefficient (Wildman–Crippen LogP) is 4.65. The van der Waals surface area contributed by atoms with Gasteiger partial charge < -0.3 is 9.64 Å². The van der Waals surface area contributed by atoms with Gasteiger partial charge in [-0.05, 0) is 17.7 Å². The van der Waals surface area contributed by atoms with Gasteiger partial charge in [0.1, 0.15) is 23.1 Å². The van der Waals surface area contributed by atoms with Gasteiger partial charge in [0, 0.05) is 19.0 Å². The second kappa shape index (κ2) is 8.14. The standard InChI is InChI=1S/C19H17ClN2O2S/c1-22(11-14-7-3-2-4-8-14)19(23)16-13-25-18(21-16)12-24-17-10-6-5-9-15(17)20/h2-10,13H,11-12H2,1H3. The smallest absolute Gasteiger partial charge is 0.273 e. The van der Waals surface area contributed by atoms with Crippen LogP contribution in [0, 0.1) is 0 Å². The number of rotatable bonds is 6. The van der Waals surface area contributed by atoms with Crippen molar-refractivity contribution in [3.05, 3.63) is 81.3 Å². The lowest BCUT2D eigenvalue weighted by Gasteiger charge is -2.15. The van der Waals surface area contributed by atoms with Crippen molar-refractivity contribution in [1.29, 1.82) is 0 Å². The molecule has 1 aromatic heterocycles. The molecule has 2 aromatic carbocycles. The molecule has 3 aromatic rings. The molecule has 0 fully saturated rings. The van der Waals surface area contributed by atoms with E-state index in [4.69, 9.17) is 16.3 Å². The fourth-order valence-electron chi connectivity index (χ4n) is 2.30. The van der Waals surface area contributed by atoms with E-state index in [1.165, 1.54) is 11.3 Å². The number of hydrogen-bond acceptors (Lipinski definition) is 4. The Hall–Kier alpha value is -2.37. The van der Waals surface area contributed by atoms with Crippen molar-refractivity contribution in [3.8, 4) is 5.75 Å². The number of nitrogens with zero attached hydrogens (tertiary/aromatic N) is 2. The first kappa shape index (κ1) is 17.5. The van der Waals surface area contributed by atoms with Gasteiger partial charge in [0.25, 0.3) is 5.91 Å². The molecule has 4 nitrogen and oxygen atoms in total. The maximum atomic E-state index is 12.5. The van der Waals surface area contributed by atoms with Crippen molar-refractivity contribution >= 4 is 28.8 Å². The van der Waals surface area contributed by atoms with Crippen molar-refractivity contribution in [3.63, 3.8) is 0 Å². The number of benzene rings is 2. The van der Waals surface area contributed by atoms with E-state index in [1.54, 1.807) is 29.5 Å². The summed E-state index contributed by atoms with van der Waals surface area (Å²) in [5.41, 5.74) is 1.51. The minimum absolute atomic E-state index is 0.107. The zero-order chi connectivity index (χ0) is 17.6. The molecule has 3 rings (SSSR count). The fourth-order valence-corrected chi connectivity index (χ4v) is 3.17. The Morgan fingerprint density at radius 1 is 1.16 bits per heavy atom. The van der Waals surface area contributed by atoms with Gasteiger partial charge >= 0.3 is 0 Å². The zero-order valence-electron chi connectivity index (χ0n) is 13.7. The minimum atomic E-state index is -0.107. The third kappa shape index (κ3) is 4.59. The number of amides is 1. The molecular formula is C19H17ClN2O2S. The average molecular weight is 373 g/mol. The highest BCUT2D eigenvalue weighted by Gasteiger charge is 2.16. The second-order valence-corrected chi connectivity index (χ2v) is 6.84. The fraction of sp³-hybridized carbons (Fsp3) is 0.158. The normalized spacial score (nSPS) is 10.5. The first-order valence-electron chi connectivity index (χ1n) is 7.74. The third-order valence-corrected chi connectivity index (χ3v) is 4.70. The molecule has 25 heavy (non-hydrogen) atoms. The summed E-state index contributed by atoms with van der Waals surface area (Å²) in [7, 11) is 1.77. The molecule has 0 aliphatic heterocycles. The number of ether oxygens (including phenoxy) is 1. The Morgan fingerprint density at radius 2 is 1.88 bits per heavy atom. The molecule has 0 aliphatic carbocycles. The van der Waals surface area contributed by atoms with Crippen LogP contribution in [-0.4, -0.2) is 22.8 Å². The van der Waals surface area contributed by atoms with Crippen molar-refractivity contribution in [2.24, 2.45) is 0 Å².